The number of hydrogen-bond acceptors (Lipinski definition) is 6. The maximum Gasteiger partial charge on any atom is 0.255 e. The average Bonchev–Trinajstić information content (AvgIpc) is 3.48. The first kappa shape index (κ1) is 19.0. The highest BCUT2D eigenvalue weighted by atomic mass is 32.1. The standard InChI is InChI=1S/C23H17N5O2S/c1-30-18-8-3-6-16(14-18)23(29)24-17-7-2-5-15(13-17)19-10-11-21-25-26-22(28(21)27-19)20-9-4-12-31-20/h2-14H,1H3,(H,24,29). The number of fused-ring (bicyclic) bond motifs is 1. The molecule has 0 spiro atoms. The van der Waals surface area contributed by atoms with Crippen LogP contribution in [0, 0.1) is 0 Å². The Balaban J connectivity index is 1.45. The van der Waals surface area contributed by atoms with E-state index in [-0.39, 0.29) is 5.91 Å². The van der Waals surface area contributed by atoms with E-state index in [0.29, 0.717) is 28.5 Å². The van der Waals surface area contributed by atoms with Gasteiger partial charge in [-0.3, -0.25) is 4.79 Å². The van der Waals surface area contributed by atoms with E-state index in [1.54, 1.807) is 47.2 Å². The van der Waals surface area contributed by atoms with Crippen LogP contribution in [0.1, 0.15) is 10.4 Å². The third-order valence-corrected chi connectivity index (χ3v) is 5.62. The van der Waals surface area contributed by atoms with E-state index >= 15 is 0 Å². The van der Waals surface area contributed by atoms with Crippen molar-refractivity contribution in [1.82, 2.24) is 19.8 Å². The molecular formula is C23H17N5O2S. The molecule has 0 aliphatic heterocycles. The Kier molecular flexibility index (Phi) is 4.89. The Labute approximate surface area is 182 Å². The van der Waals surface area contributed by atoms with Crippen LogP contribution in [0.3, 0.4) is 0 Å². The second kappa shape index (κ2) is 8.00. The van der Waals surface area contributed by atoms with E-state index in [1.165, 1.54) is 0 Å². The summed E-state index contributed by atoms with van der Waals surface area (Å²) in [6.07, 6.45) is 0. The molecule has 0 saturated heterocycles. The molecule has 0 fully saturated rings. The van der Waals surface area contributed by atoms with Crippen molar-refractivity contribution < 1.29 is 9.53 Å². The van der Waals surface area contributed by atoms with Gasteiger partial charge in [-0.05, 0) is 53.9 Å². The van der Waals surface area contributed by atoms with Crippen molar-refractivity contribution in [3.63, 3.8) is 0 Å². The number of methoxy groups -OCH3 is 1. The summed E-state index contributed by atoms with van der Waals surface area (Å²) in [6, 6.07) is 22.3. The van der Waals surface area contributed by atoms with Gasteiger partial charge in [-0.15, -0.1) is 21.5 Å². The van der Waals surface area contributed by atoms with Gasteiger partial charge in [0.05, 0.1) is 17.7 Å². The summed E-state index contributed by atoms with van der Waals surface area (Å²) >= 11 is 1.59. The molecule has 152 valence electrons. The molecule has 0 radical (unpaired) electrons. The summed E-state index contributed by atoms with van der Waals surface area (Å²) in [6.45, 7) is 0. The predicted molar refractivity (Wildman–Crippen MR) is 120 cm³/mol. The Morgan fingerprint density at radius 2 is 1.90 bits per heavy atom. The number of ether oxygens (including phenoxy) is 1. The topological polar surface area (TPSA) is 81.4 Å². The van der Waals surface area contributed by atoms with Crippen molar-refractivity contribution >= 4 is 28.6 Å². The minimum atomic E-state index is -0.210. The highest BCUT2D eigenvalue weighted by molar-refractivity contribution is 7.13. The number of benzene rings is 2. The van der Waals surface area contributed by atoms with Crippen LogP contribution in [-0.4, -0.2) is 32.8 Å². The Hall–Kier alpha value is -4.04. The summed E-state index contributed by atoms with van der Waals surface area (Å²) in [5, 5.41) is 18.1. The van der Waals surface area contributed by atoms with Crippen LogP contribution in [0.25, 0.3) is 27.6 Å². The molecule has 8 heteroatoms. The second-order valence-electron chi connectivity index (χ2n) is 6.76. The Morgan fingerprint density at radius 3 is 2.74 bits per heavy atom. The summed E-state index contributed by atoms with van der Waals surface area (Å²) < 4.78 is 6.94. The molecule has 31 heavy (non-hydrogen) atoms. The second-order valence-corrected chi connectivity index (χ2v) is 7.70. The first-order valence-corrected chi connectivity index (χ1v) is 10.4. The summed E-state index contributed by atoms with van der Waals surface area (Å²) in [7, 11) is 1.57. The number of rotatable bonds is 5. The van der Waals surface area contributed by atoms with E-state index in [4.69, 9.17) is 9.84 Å². The van der Waals surface area contributed by atoms with Gasteiger partial charge in [0, 0.05) is 16.8 Å². The largest absolute Gasteiger partial charge is 0.497 e. The van der Waals surface area contributed by atoms with Crippen LogP contribution in [-0.2, 0) is 0 Å². The van der Waals surface area contributed by atoms with E-state index in [1.807, 2.05) is 53.9 Å². The lowest BCUT2D eigenvalue weighted by atomic mass is 10.1. The quantitative estimate of drug-likeness (QED) is 0.437. The first-order valence-electron chi connectivity index (χ1n) is 9.53. The minimum Gasteiger partial charge on any atom is -0.497 e. The van der Waals surface area contributed by atoms with Gasteiger partial charge in [-0.25, -0.2) is 0 Å². The molecule has 0 atom stereocenters. The Morgan fingerprint density at radius 1 is 1.00 bits per heavy atom. The molecule has 5 rings (SSSR count). The van der Waals surface area contributed by atoms with Crippen molar-refractivity contribution in [2.24, 2.45) is 0 Å². The van der Waals surface area contributed by atoms with E-state index in [0.717, 1.165) is 16.1 Å². The monoisotopic (exact) mass is 427 g/mol. The lowest BCUT2D eigenvalue weighted by molar-refractivity contribution is 0.102. The van der Waals surface area contributed by atoms with Gasteiger partial charge in [0.2, 0.25) is 0 Å². The molecule has 0 bridgehead atoms. The summed E-state index contributed by atoms with van der Waals surface area (Å²) in [5.74, 6) is 1.13. The van der Waals surface area contributed by atoms with E-state index < -0.39 is 0 Å². The normalized spacial score (nSPS) is 10.9. The fourth-order valence-electron chi connectivity index (χ4n) is 3.23. The van der Waals surface area contributed by atoms with Crippen molar-refractivity contribution in [2.75, 3.05) is 12.4 Å². The summed E-state index contributed by atoms with van der Waals surface area (Å²) in [5.41, 5.74) is 3.50. The number of hydrogen-bond donors (Lipinski definition) is 1. The van der Waals surface area contributed by atoms with Gasteiger partial charge in [0.15, 0.2) is 11.5 Å². The molecule has 7 nitrogen and oxygen atoms in total. The molecule has 0 aliphatic rings. The van der Waals surface area contributed by atoms with Gasteiger partial charge in [0.25, 0.3) is 5.91 Å². The van der Waals surface area contributed by atoms with E-state index in [9.17, 15) is 4.79 Å². The number of carbonyl (C=O) groups excluding carboxylic acids is 1. The highest BCUT2D eigenvalue weighted by Crippen LogP contribution is 2.26. The van der Waals surface area contributed by atoms with Crippen molar-refractivity contribution in [3.8, 4) is 27.7 Å². The van der Waals surface area contributed by atoms with Crippen molar-refractivity contribution in [1.29, 1.82) is 0 Å². The number of nitrogens with zero attached hydrogens (tertiary/aromatic N) is 4. The van der Waals surface area contributed by atoms with Crippen molar-refractivity contribution in [3.05, 3.63) is 83.7 Å². The third kappa shape index (κ3) is 3.76. The van der Waals surface area contributed by atoms with Crippen LogP contribution in [0.4, 0.5) is 5.69 Å². The molecular weight excluding hydrogens is 410 g/mol. The zero-order valence-corrected chi connectivity index (χ0v) is 17.3. The van der Waals surface area contributed by atoms with Gasteiger partial charge in [-0.1, -0.05) is 24.3 Å². The number of carbonyl (C=O) groups is 1. The summed E-state index contributed by atoms with van der Waals surface area (Å²) in [4.78, 5) is 13.6. The fraction of sp³-hybridized carbons (Fsp3) is 0.0435. The fourth-order valence-corrected chi connectivity index (χ4v) is 3.92. The maximum atomic E-state index is 12.6. The highest BCUT2D eigenvalue weighted by Gasteiger charge is 2.12. The molecule has 3 heterocycles. The smallest absolute Gasteiger partial charge is 0.255 e. The van der Waals surface area contributed by atoms with Gasteiger partial charge in [0.1, 0.15) is 5.75 Å². The SMILES string of the molecule is COc1cccc(C(=O)Nc2cccc(-c3ccc4nnc(-c5cccs5)n4n3)c2)c1. The zero-order valence-electron chi connectivity index (χ0n) is 16.5. The predicted octanol–water partition coefficient (Wildman–Crippen LogP) is 4.78. The third-order valence-electron chi connectivity index (χ3n) is 4.75. The van der Waals surface area contributed by atoms with Crippen LogP contribution < -0.4 is 10.1 Å². The van der Waals surface area contributed by atoms with Crippen LogP contribution in [0.5, 0.6) is 5.75 Å². The van der Waals surface area contributed by atoms with Crippen LogP contribution >= 0.6 is 11.3 Å². The Bertz CT molecular complexity index is 1380. The van der Waals surface area contributed by atoms with E-state index in [2.05, 4.69) is 15.5 Å². The van der Waals surface area contributed by atoms with Gasteiger partial charge in [-0.2, -0.15) is 9.61 Å². The van der Waals surface area contributed by atoms with Crippen LogP contribution in [0.2, 0.25) is 0 Å². The molecule has 0 saturated carbocycles. The number of aromatic nitrogens is 4. The number of amides is 1. The first-order chi connectivity index (χ1) is 15.2. The molecule has 3 aromatic heterocycles. The number of anilines is 1. The molecule has 1 amide bonds. The molecule has 0 aliphatic carbocycles. The minimum absolute atomic E-state index is 0.210. The zero-order chi connectivity index (χ0) is 21.2. The van der Waals surface area contributed by atoms with Crippen molar-refractivity contribution in [2.45, 2.75) is 0 Å². The molecule has 2 aromatic carbocycles. The molecule has 5 aromatic rings. The van der Waals surface area contributed by atoms with Gasteiger partial charge >= 0.3 is 0 Å². The molecule has 0 unspecified atom stereocenters. The number of thiophene rings is 1. The molecule has 1 N–H and O–H groups in total. The lowest BCUT2D eigenvalue weighted by Crippen LogP contribution is -2.11. The van der Waals surface area contributed by atoms with Crippen LogP contribution in [0.15, 0.2) is 78.2 Å². The number of nitrogens with one attached hydrogen (secondary N) is 1. The maximum absolute atomic E-state index is 12.6. The van der Waals surface area contributed by atoms with Gasteiger partial charge < -0.3 is 10.1 Å². The lowest BCUT2D eigenvalue weighted by Gasteiger charge is -2.09. The average molecular weight is 427 g/mol.